The van der Waals surface area contributed by atoms with Crippen LogP contribution in [0.5, 0.6) is 17.2 Å². The Kier molecular flexibility index (Phi) is 21.3. The Labute approximate surface area is 679 Å². The highest BCUT2D eigenvalue weighted by molar-refractivity contribution is 6.18. The Morgan fingerprint density at radius 2 is 0.517 bits per heavy atom. The number of anilines is 2. The highest BCUT2D eigenvalue weighted by atomic mass is 16.6. The summed E-state index contributed by atoms with van der Waals surface area (Å²) in [5.74, 6) is -4.41. The normalized spacial score (nSPS) is 24.1. The van der Waals surface area contributed by atoms with E-state index < -0.39 is 135 Å². The minimum atomic E-state index is -1.52. The number of allylic oxidation sites excluding steroid dienone is 6. The van der Waals surface area contributed by atoms with Gasteiger partial charge in [0.25, 0.3) is 11.8 Å². The van der Waals surface area contributed by atoms with Gasteiger partial charge in [0.1, 0.15) is 43.7 Å². The number of amides is 2. The highest BCUT2D eigenvalue weighted by Crippen LogP contribution is 2.81. The first-order valence-corrected chi connectivity index (χ1v) is 39.1. The second-order valence-electron chi connectivity index (χ2n) is 33.6. The highest BCUT2D eigenvalue weighted by Gasteiger charge is 2.76. The van der Waals surface area contributed by atoms with Crippen molar-refractivity contribution >= 4 is 75.7 Å². The van der Waals surface area contributed by atoms with Crippen LogP contribution in [-0.2, 0) is 57.2 Å². The molecule has 19 nitrogen and oxygen atoms in total. The maximum absolute atomic E-state index is 16.2. The van der Waals surface area contributed by atoms with E-state index in [2.05, 4.69) is 0 Å². The number of rotatable bonds is 26. The van der Waals surface area contributed by atoms with Crippen molar-refractivity contribution in [3.05, 3.63) is 272 Å². The zero-order valence-electron chi connectivity index (χ0n) is 69.8. The monoisotopic (exact) mass is 1570 g/mol. The Morgan fingerprint density at radius 1 is 0.293 bits per heavy atom. The number of methoxy groups -OCH3 is 3. The van der Waals surface area contributed by atoms with E-state index in [1.807, 2.05) is 225 Å². The fourth-order valence-electron chi connectivity index (χ4n) is 20.3. The smallest absolute Gasteiger partial charge is 0.338 e. The number of carbonyl (C=O) groups is 8. The molecule has 8 unspecified atom stereocenters. The van der Waals surface area contributed by atoms with Crippen molar-refractivity contribution in [2.45, 2.75) is 116 Å². The Morgan fingerprint density at radius 3 is 0.767 bits per heavy atom. The summed E-state index contributed by atoms with van der Waals surface area (Å²) in [6.45, 7) is 26.7. The van der Waals surface area contributed by atoms with E-state index in [-0.39, 0.29) is 44.6 Å². The topological polar surface area (TPSA) is 226 Å². The molecule has 7 aromatic rings. The lowest BCUT2D eigenvalue weighted by atomic mass is 9.59. The van der Waals surface area contributed by atoms with Gasteiger partial charge in [-0.2, -0.15) is 0 Å². The standard InChI is InChI=1S/C97H102N2O17/c1-57-72(60-41-47-67(108-18)48-42-60)95(13)75(81(100)98(16)65-37-29-23-30-38-65)77(92(57,10)89(95,4)5)85(104)111-53-70(115-83(102)63-33-25-21-26-34-63)55-113-87(106)79-80(97(15)74(59(3)94(79,12)91(97,8)9)62-45-51-69(110-20)52-46-62)88(107)114-56-71(116-84(103)64-35-27-22-28-36-64)54-112-86(105)78-76(82(101)99(17)66-39-31-24-32-40-66)96(14)73(58(2)93(78,11)90(96,6)7)61-43-49-68(109-19)50-44-61/h21-52,70-71H,53-56H2,1-20H3. The molecule has 6 aliphatic rings. The van der Waals surface area contributed by atoms with E-state index in [4.69, 9.17) is 42.6 Å². The van der Waals surface area contributed by atoms with Crippen LogP contribution in [0.3, 0.4) is 0 Å². The lowest BCUT2D eigenvalue weighted by Gasteiger charge is -2.43. The average Bonchev–Trinajstić information content (AvgIpc) is 1.49. The predicted octanol–water partition coefficient (Wildman–Crippen LogP) is 17.5. The van der Waals surface area contributed by atoms with Crippen molar-refractivity contribution < 1.29 is 81.0 Å². The van der Waals surface area contributed by atoms with Gasteiger partial charge in [-0.05, 0) is 155 Å². The quantitative estimate of drug-likeness (QED) is 0.0363. The van der Waals surface area contributed by atoms with Crippen LogP contribution in [0.25, 0.3) is 16.7 Å². The second kappa shape index (κ2) is 30.1. The van der Waals surface area contributed by atoms with E-state index in [1.165, 1.54) is 9.80 Å². The van der Waals surface area contributed by atoms with Crippen molar-refractivity contribution in [2.24, 2.45) is 48.7 Å². The summed E-state index contributed by atoms with van der Waals surface area (Å²) in [7, 11) is 8.06. The molecular weight excluding hydrogens is 1470 g/mol. The van der Waals surface area contributed by atoms with E-state index in [0.29, 0.717) is 39.8 Å². The summed E-state index contributed by atoms with van der Waals surface area (Å²) in [5, 5.41) is 0. The summed E-state index contributed by atoms with van der Waals surface area (Å²) in [6.07, 6.45) is -3.03. The largest absolute Gasteiger partial charge is 0.497 e. The van der Waals surface area contributed by atoms with Gasteiger partial charge in [-0.1, -0.05) is 209 Å². The van der Waals surface area contributed by atoms with E-state index in [9.17, 15) is 9.59 Å². The lowest BCUT2D eigenvalue weighted by Crippen LogP contribution is -2.41. The van der Waals surface area contributed by atoms with Crippen LogP contribution in [0, 0.1) is 48.7 Å². The van der Waals surface area contributed by atoms with Crippen LogP contribution in [0.4, 0.5) is 11.4 Å². The molecule has 2 amide bonds. The van der Waals surface area contributed by atoms with Gasteiger partial charge in [0.15, 0.2) is 12.2 Å². The van der Waals surface area contributed by atoms with Gasteiger partial charge in [-0.3, -0.25) is 9.59 Å². The van der Waals surface area contributed by atoms with Gasteiger partial charge in [0.05, 0.1) is 54.7 Å². The van der Waals surface area contributed by atoms with Crippen LogP contribution >= 0.6 is 0 Å². The fourth-order valence-corrected chi connectivity index (χ4v) is 20.3. The summed E-state index contributed by atoms with van der Waals surface area (Å²) in [4.78, 5) is 127. The molecule has 116 heavy (non-hydrogen) atoms. The number of likely N-dealkylation sites (N-methyl/N-ethyl adjacent to an activating group) is 2. The molecule has 8 atom stereocenters. The van der Waals surface area contributed by atoms with Crippen LogP contribution in [0.1, 0.15) is 141 Å². The first-order valence-electron chi connectivity index (χ1n) is 39.1. The molecule has 0 saturated carbocycles. The van der Waals surface area contributed by atoms with E-state index in [0.717, 1.165) is 39.0 Å². The number of nitrogens with zero attached hydrogens (tertiary/aromatic N) is 2. The zero-order chi connectivity index (χ0) is 83.9. The second-order valence-corrected chi connectivity index (χ2v) is 33.6. The molecule has 0 heterocycles. The van der Waals surface area contributed by atoms with Crippen molar-refractivity contribution in [1.29, 1.82) is 0 Å². The number of esters is 6. The van der Waals surface area contributed by atoms with Crippen molar-refractivity contribution in [3.63, 3.8) is 0 Å². The molecule has 0 fully saturated rings. The fraction of sp³-hybridized carbons (Fsp3) is 0.361. The van der Waals surface area contributed by atoms with Crippen LogP contribution < -0.4 is 24.0 Å². The predicted molar refractivity (Wildman–Crippen MR) is 443 cm³/mol. The molecule has 6 bridgehead atoms. The first-order chi connectivity index (χ1) is 54.9. The molecule has 0 spiro atoms. The minimum absolute atomic E-state index is 0.0852. The molecular formula is C97H102N2O17. The molecule has 13 rings (SSSR count). The van der Waals surface area contributed by atoms with Gasteiger partial charge in [0.2, 0.25) is 0 Å². The van der Waals surface area contributed by atoms with Gasteiger partial charge < -0.3 is 52.4 Å². The van der Waals surface area contributed by atoms with E-state index in [1.54, 1.807) is 108 Å². The molecule has 602 valence electrons. The third kappa shape index (κ3) is 12.1. The van der Waals surface area contributed by atoms with Crippen molar-refractivity contribution in [3.8, 4) is 17.2 Å². The Bertz CT molecular complexity index is 5360. The van der Waals surface area contributed by atoms with E-state index >= 15 is 28.8 Å². The lowest BCUT2D eigenvalue weighted by molar-refractivity contribution is -0.152. The number of carbonyl (C=O) groups excluding carboxylic acids is 8. The van der Waals surface area contributed by atoms with Gasteiger partial charge >= 0.3 is 35.8 Å². The SMILES string of the molecule is COc1ccc(C2=C(C)C3(C)C(C(=O)OCC(COC(=O)C4=C(C(=O)N(C)c5ccccc5)C5(C)C(c6ccc(OC)cc6)=C(C)C4(C)C5(C)C)OC(=O)c4ccccc4)=C(C(=O)OCC(COC(=O)C4=C(C(=O)N(C)c5ccccc5)C5(C)C(c6ccc(OC)cc6)=C(C)C4(C)C5(C)C)OC(=O)c4ccccc4)C2(C)C3(C)C)cc1. The Balaban J connectivity index is 0.859. The van der Waals surface area contributed by atoms with Gasteiger partial charge in [0, 0.05) is 69.1 Å². The molecule has 0 aliphatic heterocycles. The van der Waals surface area contributed by atoms with Crippen LogP contribution in [0.15, 0.2) is 244 Å². The number of fused-ring (bicyclic) bond motifs is 6. The number of ether oxygens (including phenoxy) is 9. The summed E-state index contributed by atoms with van der Waals surface area (Å²) in [6, 6.07) is 57.1. The molecule has 0 radical (unpaired) electrons. The number of benzene rings is 7. The summed E-state index contributed by atoms with van der Waals surface area (Å²) < 4.78 is 54.9. The summed E-state index contributed by atoms with van der Waals surface area (Å²) >= 11 is 0. The van der Waals surface area contributed by atoms with Crippen LogP contribution in [-0.4, -0.2) is 122 Å². The number of hydrogen-bond acceptors (Lipinski definition) is 17. The molecule has 6 aliphatic carbocycles. The summed E-state index contributed by atoms with van der Waals surface area (Å²) in [5.41, 5.74) is -0.828. The third-order valence-corrected chi connectivity index (χ3v) is 28.6. The molecule has 7 aromatic carbocycles. The third-order valence-electron chi connectivity index (χ3n) is 28.6. The molecule has 0 aromatic heterocycles. The van der Waals surface area contributed by atoms with Crippen molar-refractivity contribution in [1.82, 2.24) is 0 Å². The molecule has 19 heteroatoms. The first kappa shape index (κ1) is 82.1. The minimum Gasteiger partial charge on any atom is -0.497 e. The van der Waals surface area contributed by atoms with Crippen molar-refractivity contribution in [2.75, 3.05) is 71.7 Å². The van der Waals surface area contributed by atoms with Crippen LogP contribution in [0.2, 0.25) is 0 Å². The number of hydrogen-bond donors (Lipinski definition) is 0. The Hall–Kier alpha value is -11.9. The van der Waals surface area contributed by atoms with Gasteiger partial charge in [-0.25, -0.2) is 28.8 Å². The number of para-hydroxylation sites is 2. The zero-order valence-corrected chi connectivity index (χ0v) is 69.8. The van der Waals surface area contributed by atoms with Gasteiger partial charge in [-0.15, -0.1) is 0 Å². The maximum atomic E-state index is 16.2. The average molecular weight is 1570 g/mol. The molecule has 0 saturated heterocycles. The molecule has 0 N–H and O–H groups in total. The maximum Gasteiger partial charge on any atom is 0.338 e.